The van der Waals surface area contributed by atoms with E-state index in [4.69, 9.17) is 0 Å². The van der Waals surface area contributed by atoms with Crippen LogP contribution in [0, 0.1) is 19.8 Å². The highest BCUT2D eigenvalue weighted by Gasteiger charge is 2.39. The first kappa shape index (κ1) is 21.3. The molecule has 4 nitrogen and oxygen atoms in total. The van der Waals surface area contributed by atoms with Crippen molar-refractivity contribution in [3.8, 4) is 0 Å². The number of allylic oxidation sites excluding steroid dienone is 2. The molecule has 0 spiro atoms. The van der Waals surface area contributed by atoms with Crippen LogP contribution in [0.3, 0.4) is 0 Å². The Balaban J connectivity index is 1.50. The second kappa shape index (κ2) is 8.09. The van der Waals surface area contributed by atoms with Crippen LogP contribution >= 0.6 is 15.9 Å². The third-order valence-corrected chi connectivity index (χ3v) is 8.60. The topological polar surface area (TPSA) is 58.2 Å². The zero-order valence-corrected chi connectivity index (χ0v) is 20.4. The summed E-state index contributed by atoms with van der Waals surface area (Å²) in [6, 6.07) is 19.6. The molecule has 0 bridgehead atoms. The Hall–Kier alpha value is -2.57. The highest BCUT2D eigenvalue weighted by Crippen LogP contribution is 2.51. The van der Waals surface area contributed by atoms with Crippen LogP contribution < -0.4 is 10.0 Å². The Morgan fingerprint density at radius 1 is 1.00 bits per heavy atom. The first-order valence-corrected chi connectivity index (χ1v) is 13.0. The largest absolute Gasteiger partial charge is 0.378 e. The van der Waals surface area contributed by atoms with Crippen LogP contribution in [0.1, 0.15) is 40.6 Å². The van der Waals surface area contributed by atoms with E-state index in [9.17, 15) is 8.42 Å². The van der Waals surface area contributed by atoms with Gasteiger partial charge in [-0.25, -0.2) is 8.42 Å². The van der Waals surface area contributed by atoms with Gasteiger partial charge in [0.25, 0.3) is 10.0 Å². The Bertz CT molecular complexity index is 1330. The molecule has 0 amide bonds. The van der Waals surface area contributed by atoms with E-state index in [1.165, 1.54) is 5.56 Å². The second-order valence-corrected chi connectivity index (χ2v) is 11.2. The maximum absolute atomic E-state index is 13.2. The third kappa shape index (κ3) is 3.76. The van der Waals surface area contributed by atoms with E-state index < -0.39 is 10.0 Å². The van der Waals surface area contributed by atoms with Gasteiger partial charge in [-0.2, -0.15) is 0 Å². The van der Waals surface area contributed by atoms with Crippen molar-refractivity contribution in [3.63, 3.8) is 0 Å². The average Bonchev–Trinajstić information content (AvgIpc) is 3.26. The van der Waals surface area contributed by atoms with Gasteiger partial charge in [0.05, 0.1) is 16.6 Å². The Morgan fingerprint density at radius 2 is 1.81 bits per heavy atom. The molecular formula is C26H25BrN2O2S. The van der Waals surface area contributed by atoms with Crippen molar-refractivity contribution in [2.24, 2.45) is 5.92 Å². The van der Waals surface area contributed by atoms with Crippen LogP contribution in [0.4, 0.5) is 11.4 Å². The number of rotatable bonds is 4. The van der Waals surface area contributed by atoms with Crippen molar-refractivity contribution in [1.29, 1.82) is 0 Å². The van der Waals surface area contributed by atoms with Gasteiger partial charge in [-0.05, 0) is 73.2 Å². The third-order valence-electron chi connectivity index (χ3n) is 6.51. The fourth-order valence-electron chi connectivity index (χ4n) is 4.91. The smallest absolute Gasteiger partial charge is 0.261 e. The van der Waals surface area contributed by atoms with E-state index in [0.29, 0.717) is 11.6 Å². The lowest BCUT2D eigenvalue weighted by Crippen LogP contribution is -2.29. The minimum absolute atomic E-state index is 0.161. The van der Waals surface area contributed by atoms with Gasteiger partial charge >= 0.3 is 0 Å². The van der Waals surface area contributed by atoms with Crippen LogP contribution in [0.5, 0.6) is 0 Å². The summed E-state index contributed by atoms with van der Waals surface area (Å²) in [5.41, 5.74) is 5.87. The summed E-state index contributed by atoms with van der Waals surface area (Å²) in [5.74, 6) is 0.520. The van der Waals surface area contributed by atoms with Crippen molar-refractivity contribution >= 4 is 37.3 Å². The lowest BCUT2D eigenvalue weighted by Gasteiger charge is -2.38. The molecule has 0 fully saturated rings. The summed E-state index contributed by atoms with van der Waals surface area (Å²) >= 11 is 3.70. The lowest BCUT2D eigenvalue weighted by molar-refractivity contribution is 0.424. The first-order valence-electron chi connectivity index (χ1n) is 10.7. The molecule has 3 atom stereocenters. The first-order chi connectivity index (χ1) is 15.3. The highest BCUT2D eigenvalue weighted by molar-refractivity contribution is 9.10. The van der Waals surface area contributed by atoms with Crippen molar-refractivity contribution in [2.45, 2.75) is 37.1 Å². The molecule has 0 saturated carbocycles. The van der Waals surface area contributed by atoms with Crippen LogP contribution in [0.25, 0.3) is 0 Å². The summed E-state index contributed by atoms with van der Waals surface area (Å²) in [7, 11) is -3.69. The van der Waals surface area contributed by atoms with Gasteiger partial charge in [0.15, 0.2) is 0 Å². The molecule has 32 heavy (non-hydrogen) atoms. The van der Waals surface area contributed by atoms with Crippen LogP contribution in [0.15, 0.2) is 82.2 Å². The maximum atomic E-state index is 13.2. The van der Waals surface area contributed by atoms with E-state index in [2.05, 4.69) is 56.3 Å². The predicted molar refractivity (Wildman–Crippen MR) is 134 cm³/mol. The molecule has 3 aromatic rings. The maximum Gasteiger partial charge on any atom is 0.261 e. The van der Waals surface area contributed by atoms with Crippen LogP contribution in [0.2, 0.25) is 0 Å². The molecule has 0 saturated heterocycles. The van der Waals surface area contributed by atoms with Crippen LogP contribution in [-0.2, 0) is 10.0 Å². The number of halogens is 1. The summed E-state index contributed by atoms with van der Waals surface area (Å²) in [5, 5.41) is 3.68. The molecular weight excluding hydrogens is 484 g/mol. The van der Waals surface area contributed by atoms with Crippen molar-refractivity contribution in [1.82, 2.24) is 0 Å². The predicted octanol–water partition coefficient (Wildman–Crippen LogP) is 6.69. The zero-order chi connectivity index (χ0) is 22.5. The van der Waals surface area contributed by atoms with Gasteiger partial charge in [-0.3, -0.25) is 4.72 Å². The Labute approximate surface area is 197 Å². The monoisotopic (exact) mass is 508 g/mol. The van der Waals surface area contributed by atoms with E-state index in [0.717, 1.165) is 33.3 Å². The summed E-state index contributed by atoms with van der Waals surface area (Å²) in [6.45, 7) is 3.91. The Kier molecular flexibility index (Phi) is 5.38. The highest BCUT2D eigenvalue weighted by atomic mass is 79.9. The molecule has 2 N–H and O–H groups in total. The minimum Gasteiger partial charge on any atom is -0.378 e. The summed E-state index contributed by atoms with van der Waals surface area (Å²) in [6.07, 6.45) is 5.40. The number of aryl methyl sites for hydroxylation is 2. The van der Waals surface area contributed by atoms with Crippen molar-refractivity contribution in [2.75, 3.05) is 10.0 Å². The van der Waals surface area contributed by atoms with Crippen molar-refractivity contribution < 1.29 is 8.42 Å². The summed E-state index contributed by atoms with van der Waals surface area (Å²) < 4.78 is 30.2. The number of benzene rings is 3. The number of hydrogen-bond acceptors (Lipinski definition) is 3. The van der Waals surface area contributed by atoms with Gasteiger partial charge in [-0.15, -0.1) is 0 Å². The number of anilines is 2. The number of nitrogens with one attached hydrogen (secondary N) is 2. The minimum atomic E-state index is -3.69. The molecule has 164 valence electrons. The molecule has 0 aromatic heterocycles. The molecule has 0 unspecified atom stereocenters. The zero-order valence-electron chi connectivity index (χ0n) is 18.0. The number of sulfonamides is 1. The van der Waals surface area contributed by atoms with Gasteiger partial charge in [0.2, 0.25) is 0 Å². The van der Waals surface area contributed by atoms with Gasteiger partial charge < -0.3 is 5.32 Å². The van der Waals surface area contributed by atoms with Crippen molar-refractivity contribution in [3.05, 3.63) is 99.5 Å². The molecule has 0 radical (unpaired) electrons. The molecule has 1 aliphatic carbocycles. The van der Waals surface area contributed by atoms with E-state index >= 15 is 0 Å². The normalized spacial score (nSPS) is 21.5. The summed E-state index contributed by atoms with van der Waals surface area (Å²) in [4.78, 5) is 0.288. The van der Waals surface area contributed by atoms with E-state index in [1.807, 2.05) is 50.2 Å². The van der Waals surface area contributed by atoms with Gasteiger partial charge in [0.1, 0.15) is 0 Å². The molecule has 1 heterocycles. The molecule has 1 aliphatic heterocycles. The fourth-order valence-corrected chi connectivity index (χ4v) is 6.60. The fraction of sp³-hybridized carbons (Fsp3) is 0.231. The van der Waals surface area contributed by atoms with E-state index in [1.54, 1.807) is 6.07 Å². The second-order valence-electron chi connectivity index (χ2n) is 8.67. The quantitative estimate of drug-likeness (QED) is 0.385. The SMILES string of the molecule is Cc1ccc(NS(=O)(=O)c2ccc3c(c2)[C@H]2C=CC[C@H]2[C@@H](c2ccccc2Br)N3)c(C)c1. The lowest BCUT2D eigenvalue weighted by atomic mass is 9.77. The van der Waals surface area contributed by atoms with E-state index in [-0.39, 0.29) is 16.9 Å². The number of fused-ring (bicyclic) bond motifs is 3. The average molecular weight is 509 g/mol. The molecule has 2 aliphatic rings. The van der Waals surface area contributed by atoms with Gasteiger partial charge in [-0.1, -0.05) is 64.0 Å². The molecule has 3 aromatic carbocycles. The molecule has 6 heteroatoms. The number of hydrogen-bond donors (Lipinski definition) is 2. The Morgan fingerprint density at radius 3 is 2.59 bits per heavy atom. The standard InChI is InChI=1S/C26H25BrN2O2S/c1-16-10-12-24(17(2)14-16)29-32(30,31)18-11-13-25-22(15-18)19-7-5-8-20(19)26(28-25)21-6-3-4-9-23(21)27/h3-7,9-15,19-20,26,28-29H,8H2,1-2H3/t19-,20+,26-/m0/s1. The van der Waals surface area contributed by atoms with Crippen LogP contribution in [-0.4, -0.2) is 8.42 Å². The molecule has 5 rings (SSSR count). The van der Waals surface area contributed by atoms with Gasteiger partial charge in [0, 0.05) is 16.1 Å².